The molecule has 0 spiro atoms. The lowest BCUT2D eigenvalue weighted by atomic mass is 9.95. The first-order valence-corrected chi connectivity index (χ1v) is 11.3. The third-order valence-electron chi connectivity index (χ3n) is 5.65. The molecule has 1 saturated heterocycles. The van der Waals surface area contributed by atoms with E-state index in [1.54, 1.807) is 60.7 Å². The van der Waals surface area contributed by atoms with Gasteiger partial charge in [0.1, 0.15) is 23.0 Å². The minimum Gasteiger partial charge on any atom is -0.508 e. The van der Waals surface area contributed by atoms with Gasteiger partial charge in [0.05, 0.1) is 25.3 Å². The summed E-state index contributed by atoms with van der Waals surface area (Å²) in [5, 5.41) is 21.4. The van der Waals surface area contributed by atoms with Crippen LogP contribution in [-0.4, -0.2) is 35.6 Å². The Bertz CT molecular complexity index is 1300. The molecule has 0 aliphatic carbocycles. The van der Waals surface area contributed by atoms with Crippen molar-refractivity contribution in [2.45, 2.75) is 19.9 Å². The molecular formula is C28H27NO6. The lowest BCUT2D eigenvalue weighted by molar-refractivity contribution is -0.132. The van der Waals surface area contributed by atoms with Gasteiger partial charge in [-0.2, -0.15) is 0 Å². The first-order valence-electron chi connectivity index (χ1n) is 11.3. The number of benzene rings is 3. The van der Waals surface area contributed by atoms with Crippen molar-refractivity contribution in [2.75, 3.05) is 18.6 Å². The molecule has 2 N–H and O–H groups in total. The summed E-state index contributed by atoms with van der Waals surface area (Å²) in [4.78, 5) is 27.9. The zero-order valence-corrected chi connectivity index (χ0v) is 19.8. The number of carbonyl (C=O) groups excluding carboxylic acids is 2. The lowest BCUT2D eigenvalue weighted by Crippen LogP contribution is -2.29. The Labute approximate surface area is 203 Å². The largest absolute Gasteiger partial charge is 0.508 e. The summed E-state index contributed by atoms with van der Waals surface area (Å²) in [7, 11) is 1.51. The van der Waals surface area contributed by atoms with E-state index in [0.29, 0.717) is 40.8 Å². The second-order valence-electron chi connectivity index (χ2n) is 8.70. The topological polar surface area (TPSA) is 96.3 Å². The summed E-state index contributed by atoms with van der Waals surface area (Å²) in [5.74, 6) is -0.605. The van der Waals surface area contributed by atoms with E-state index in [-0.39, 0.29) is 17.1 Å². The van der Waals surface area contributed by atoms with E-state index < -0.39 is 17.7 Å². The van der Waals surface area contributed by atoms with Crippen LogP contribution in [0.1, 0.15) is 31.0 Å². The average molecular weight is 474 g/mol. The number of ketones is 1. The SMILES string of the molecule is COc1cccc(N2C(=O)C(=O)/C(=C(/O)c3cccc(OCC(C)C)c3)C2c2cccc(O)c2)c1. The molecular weight excluding hydrogens is 446 g/mol. The fourth-order valence-electron chi connectivity index (χ4n) is 4.02. The summed E-state index contributed by atoms with van der Waals surface area (Å²) >= 11 is 0. The Morgan fingerprint density at radius 2 is 1.69 bits per heavy atom. The molecule has 1 fully saturated rings. The van der Waals surface area contributed by atoms with E-state index in [4.69, 9.17) is 9.47 Å². The first-order chi connectivity index (χ1) is 16.8. The Kier molecular flexibility index (Phi) is 6.78. The molecule has 1 atom stereocenters. The van der Waals surface area contributed by atoms with Gasteiger partial charge in [-0.15, -0.1) is 0 Å². The molecule has 7 heteroatoms. The van der Waals surface area contributed by atoms with Gasteiger partial charge in [0.25, 0.3) is 11.7 Å². The third kappa shape index (κ3) is 4.84. The fourth-order valence-corrected chi connectivity index (χ4v) is 4.02. The molecule has 3 aromatic rings. The van der Waals surface area contributed by atoms with Crippen molar-refractivity contribution >= 4 is 23.1 Å². The Morgan fingerprint density at radius 1 is 0.971 bits per heavy atom. The van der Waals surface area contributed by atoms with Crippen LogP contribution in [0.25, 0.3) is 5.76 Å². The van der Waals surface area contributed by atoms with Crippen molar-refractivity contribution in [3.63, 3.8) is 0 Å². The molecule has 180 valence electrons. The second kappa shape index (κ2) is 9.93. The highest BCUT2D eigenvalue weighted by atomic mass is 16.5. The van der Waals surface area contributed by atoms with Crippen LogP contribution in [0.2, 0.25) is 0 Å². The van der Waals surface area contributed by atoms with Crippen molar-refractivity contribution < 1.29 is 29.3 Å². The third-order valence-corrected chi connectivity index (χ3v) is 5.65. The Morgan fingerprint density at radius 3 is 2.40 bits per heavy atom. The van der Waals surface area contributed by atoms with Crippen molar-refractivity contribution in [1.29, 1.82) is 0 Å². The average Bonchev–Trinajstić information content (AvgIpc) is 3.13. The Balaban J connectivity index is 1.87. The second-order valence-corrected chi connectivity index (χ2v) is 8.70. The monoisotopic (exact) mass is 473 g/mol. The fraction of sp³-hybridized carbons (Fsp3) is 0.214. The molecule has 1 amide bonds. The van der Waals surface area contributed by atoms with Crippen molar-refractivity contribution in [3.05, 3.63) is 89.5 Å². The van der Waals surface area contributed by atoms with Gasteiger partial charge < -0.3 is 19.7 Å². The molecule has 1 heterocycles. The van der Waals surface area contributed by atoms with Gasteiger partial charge in [-0.05, 0) is 47.9 Å². The molecule has 0 radical (unpaired) electrons. The number of amides is 1. The van der Waals surface area contributed by atoms with Gasteiger partial charge in [0, 0.05) is 17.3 Å². The van der Waals surface area contributed by atoms with E-state index in [1.807, 2.05) is 13.8 Å². The van der Waals surface area contributed by atoms with Gasteiger partial charge in [0.15, 0.2) is 0 Å². The molecule has 0 saturated carbocycles. The number of ether oxygens (including phenoxy) is 2. The Hall–Kier alpha value is -4.26. The maximum atomic E-state index is 13.3. The number of nitrogens with zero attached hydrogens (tertiary/aromatic N) is 1. The summed E-state index contributed by atoms with van der Waals surface area (Å²) in [6.45, 7) is 4.55. The van der Waals surface area contributed by atoms with Gasteiger partial charge in [0.2, 0.25) is 0 Å². The smallest absolute Gasteiger partial charge is 0.300 e. The number of hydrogen-bond acceptors (Lipinski definition) is 6. The maximum absolute atomic E-state index is 13.3. The number of rotatable bonds is 7. The molecule has 1 unspecified atom stereocenters. The molecule has 4 rings (SSSR count). The van der Waals surface area contributed by atoms with Crippen molar-refractivity contribution in [3.8, 4) is 17.2 Å². The van der Waals surface area contributed by atoms with Gasteiger partial charge in [-0.3, -0.25) is 14.5 Å². The normalized spacial score (nSPS) is 17.1. The highest BCUT2D eigenvalue weighted by molar-refractivity contribution is 6.51. The summed E-state index contributed by atoms with van der Waals surface area (Å²) in [6, 6.07) is 18.8. The van der Waals surface area contributed by atoms with Gasteiger partial charge in [-0.25, -0.2) is 0 Å². The standard InChI is InChI=1S/C28H27NO6/c1-17(2)16-35-23-12-5-8-19(14-23)26(31)24-25(18-7-4-10-21(30)13-18)29(28(33)27(24)32)20-9-6-11-22(15-20)34-3/h4-15,17,25,30-31H,16H2,1-3H3/b26-24+. The number of hydrogen-bond donors (Lipinski definition) is 2. The minimum absolute atomic E-state index is 0.0252. The number of phenolic OH excluding ortho intramolecular Hbond substituents is 1. The first kappa shape index (κ1) is 23.9. The quantitative estimate of drug-likeness (QED) is 0.283. The molecule has 0 aromatic heterocycles. The van der Waals surface area contributed by atoms with Crippen LogP contribution in [0.3, 0.4) is 0 Å². The summed E-state index contributed by atoms with van der Waals surface area (Å²) in [6.07, 6.45) is 0. The number of Topliss-reactive ketones (excluding diaryl/α,β-unsaturated/α-hetero) is 1. The highest BCUT2D eigenvalue weighted by Gasteiger charge is 2.47. The molecule has 35 heavy (non-hydrogen) atoms. The van der Waals surface area contributed by atoms with Gasteiger partial charge >= 0.3 is 0 Å². The number of anilines is 1. The summed E-state index contributed by atoms with van der Waals surface area (Å²) in [5.41, 5.74) is 1.16. The maximum Gasteiger partial charge on any atom is 0.300 e. The predicted molar refractivity (Wildman–Crippen MR) is 133 cm³/mol. The molecule has 7 nitrogen and oxygen atoms in total. The zero-order chi connectivity index (χ0) is 25.1. The number of carbonyl (C=O) groups is 2. The van der Waals surface area contributed by atoms with E-state index in [2.05, 4.69) is 0 Å². The van der Waals surface area contributed by atoms with Crippen LogP contribution < -0.4 is 14.4 Å². The number of aliphatic hydroxyl groups is 1. The summed E-state index contributed by atoms with van der Waals surface area (Å²) < 4.78 is 11.1. The van der Waals surface area contributed by atoms with Crippen LogP contribution in [0, 0.1) is 5.92 Å². The van der Waals surface area contributed by atoms with E-state index in [0.717, 1.165) is 0 Å². The number of aliphatic hydroxyl groups excluding tert-OH is 1. The van der Waals surface area contributed by atoms with Crippen LogP contribution in [-0.2, 0) is 9.59 Å². The zero-order valence-electron chi connectivity index (χ0n) is 19.8. The van der Waals surface area contributed by atoms with E-state index >= 15 is 0 Å². The van der Waals surface area contributed by atoms with Crippen LogP contribution >= 0.6 is 0 Å². The molecule has 3 aromatic carbocycles. The molecule has 1 aliphatic heterocycles. The molecule has 1 aliphatic rings. The molecule has 0 bridgehead atoms. The number of methoxy groups -OCH3 is 1. The van der Waals surface area contributed by atoms with Crippen LogP contribution in [0.5, 0.6) is 17.2 Å². The predicted octanol–water partition coefficient (Wildman–Crippen LogP) is 5.06. The number of aromatic hydroxyl groups is 1. The van der Waals surface area contributed by atoms with Crippen LogP contribution in [0.4, 0.5) is 5.69 Å². The van der Waals surface area contributed by atoms with Crippen LogP contribution in [0.15, 0.2) is 78.4 Å². The highest BCUT2D eigenvalue weighted by Crippen LogP contribution is 2.43. The minimum atomic E-state index is -0.963. The van der Waals surface area contributed by atoms with E-state index in [9.17, 15) is 19.8 Å². The van der Waals surface area contributed by atoms with E-state index in [1.165, 1.54) is 24.1 Å². The van der Waals surface area contributed by atoms with Crippen molar-refractivity contribution in [1.82, 2.24) is 0 Å². The number of phenols is 1. The lowest BCUT2D eigenvalue weighted by Gasteiger charge is -2.26. The van der Waals surface area contributed by atoms with Crippen molar-refractivity contribution in [2.24, 2.45) is 5.92 Å². The van der Waals surface area contributed by atoms with Gasteiger partial charge in [-0.1, -0.05) is 44.2 Å².